The lowest BCUT2D eigenvalue weighted by Gasteiger charge is -2.00. The molecule has 0 aromatic heterocycles. The molecule has 60 valence electrons. The second-order valence-corrected chi connectivity index (χ2v) is 2.66. The second-order valence-electron chi connectivity index (χ2n) is 2.66. The van der Waals surface area contributed by atoms with Crippen molar-refractivity contribution in [2.45, 2.75) is 47.0 Å². The third-order valence-corrected chi connectivity index (χ3v) is 2.11. The van der Waals surface area contributed by atoms with E-state index < -0.39 is 0 Å². The monoisotopic (exact) mass is 140 g/mol. The van der Waals surface area contributed by atoms with Crippen molar-refractivity contribution in [1.29, 1.82) is 0 Å². The third-order valence-electron chi connectivity index (χ3n) is 2.11. The van der Waals surface area contributed by atoms with Gasteiger partial charge in [-0.3, -0.25) is 0 Å². The van der Waals surface area contributed by atoms with Gasteiger partial charge in [-0.1, -0.05) is 32.4 Å². The van der Waals surface area contributed by atoms with E-state index in [0.717, 1.165) is 5.92 Å². The maximum Gasteiger partial charge on any atom is -0.0232 e. The molecule has 0 radical (unpaired) electrons. The first-order valence-electron chi connectivity index (χ1n) is 4.49. The molecule has 1 aliphatic carbocycles. The van der Waals surface area contributed by atoms with Crippen LogP contribution in [0.2, 0.25) is 0 Å². The summed E-state index contributed by atoms with van der Waals surface area (Å²) in [6.45, 7) is 8.47. The molecule has 1 rings (SSSR count). The van der Waals surface area contributed by atoms with Gasteiger partial charge in [-0.05, 0) is 32.1 Å². The Morgan fingerprint density at radius 1 is 1.40 bits per heavy atom. The van der Waals surface area contributed by atoms with Gasteiger partial charge in [0, 0.05) is 0 Å². The van der Waals surface area contributed by atoms with E-state index in [-0.39, 0.29) is 0 Å². The molecular weight excluding hydrogens is 120 g/mol. The van der Waals surface area contributed by atoms with E-state index in [1.165, 1.54) is 19.3 Å². The molecule has 0 heterocycles. The molecule has 1 atom stereocenters. The van der Waals surface area contributed by atoms with Crippen LogP contribution in [0.1, 0.15) is 47.0 Å². The average Bonchev–Trinajstić information content (AvgIpc) is 2.39. The van der Waals surface area contributed by atoms with Crippen molar-refractivity contribution in [2.24, 2.45) is 5.92 Å². The first-order chi connectivity index (χ1) is 4.84. The molecule has 0 nitrogen and oxygen atoms in total. The van der Waals surface area contributed by atoms with E-state index in [9.17, 15) is 0 Å². The first-order valence-corrected chi connectivity index (χ1v) is 4.49. The van der Waals surface area contributed by atoms with Crippen molar-refractivity contribution >= 4 is 0 Å². The number of hydrogen-bond donors (Lipinski definition) is 0. The molecule has 0 amide bonds. The van der Waals surface area contributed by atoms with Gasteiger partial charge in [0.15, 0.2) is 0 Å². The molecule has 0 aromatic rings. The zero-order chi connectivity index (χ0) is 7.98. The fraction of sp³-hybridized carbons (Fsp3) is 0.800. The van der Waals surface area contributed by atoms with E-state index in [2.05, 4.69) is 19.9 Å². The highest BCUT2D eigenvalue weighted by Gasteiger charge is 2.13. The van der Waals surface area contributed by atoms with Gasteiger partial charge in [0.2, 0.25) is 0 Å². The standard InChI is InChI=1S/C8H14.C2H6/c1-3-8-6-4-5-7(8)2;1-2/h3,7H,4-6H2,1-2H3;1-2H3/b8-3-;. The Balaban J connectivity index is 0.000000371. The molecule has 0 aromatic carbocycles. The molecule has 1 fully saturated rings. The predicted octanol–water partition coefficient (Wildman–Crippen LogP) is 3.78. The molecule has 1 aliphatic rings. The van der Waals surface area contributed by atoms with E-state index >= 15 is 0 Å². The average molecular weight is 140 g/mol. The minimum absolute atomic E-state index is 0.889. The molecule has 1 unspecified atom stereocenters. The van der Waals surface area contributed by atoms with Gasteiger partial charge >= 0.3 is 0 Å². The van der Waals surface area contributed by atoms with Gasteiger partial charge in [-0.15, -0.1) is 0 Å². The molecule has 10 heavy (non-hydrogen) atoms. The van der Waals surface area contributed by atoms with Gasteiger partial charge in [-0.25, -0.2) is 0 Å². The maximum atomic E-state index is 2.32. The predicted molar refractivity (Wildman–Crippen MR) is 48.1 cm³/mol. The molecule has 0 heteroatoms. The summed E-state index contributed by atoms with van der Waals surface area (Å²) in [5, 5.41) is 0. The van der Waals surface area contributed by atoms with Crippen molar-refractivity contribution < 1.29 is 0 Å². The van der Waals surface area contributed by atoms with Crippen molar-refractivity contribution in [1.82, 2.24) is 0 Å². The smallest absolute Gasteiger partial charge is 0.0232 e. The van der Waals surface area contributed by atoms with Gasteiger partial charge in [0.1, 0.15) is 0 Å². The van der Waals surface area contributed by atoms with Crippen LogP contribution in [0.4, 0.5) is 0 Å². The second kappa shape index (κ2) is 5.52. The Bertz CT molecular complexity index is 101. The highest BCUT2D eigenvalue weighted by molar-refractivity contribution is 5.08. The zero-order valence-electron chi connectivity index (χ0n) is 7.78. The van der Waals surface area contributed by atoms with Crippen molar-refractivity contribution in [3.63, 3.8) is 0 Å². The quantitative estimate of drug-likeness (QED) is 0.449. The molecule has 0 spiro atoms. The van der Waals surface area contributed by atoms with Gasteiger partial charge in [0.25, 0.3) is 0 Å². The van der Waals surface area contributed by atoms with E-state index in [1.807, 2.05) is 13.8 Å². The van der Waals surface area contributed by atoms with Crippen molar-refractivity contribution in [2.75, 3.05) is 0 Å². The van der Waals surface area contributed by atoms with Crippen LogP contribution in [0.3, 0.4) is 0 Å². The topological polar surface area (TPSA) is 0 Å². The minimum atomic E-state index is 0.889. The van der Waals surface area contributed by atoms with Crippen LogP contribution >= 0.6 is 0 Å². The summed E-state index contributed by atoms with van der Waals surface area (Å²) in [4.78, 5) is 0. The number of allylic oxidation sites excluding steroid dienone is 2. The molecule has 1 saturated carbocycles. The van der Waals surface area contributed by atoms with Crippen LogP contribution in [-0.4, -0.2) is 0 Å². The van der Waals surface area contributed by atoms with Crippen LogP contribution in [0, 0.1) is 5.92 Å². The molecular formula is C10H20. The molecule has 0 saturated heterocycles. The molecule has 0 aliphatic heterocycles. The Kier molecular flexibility index (Phi) is 5.38. The van der Waals surface area contributed by atoms with Gasteiger partial charge in [0.05, 0.1) is 0 Å². The fourth-order valence-corrected chi connectivity index (χ4v) is 1.47. The SMILES string of the molecule is C/C=C1/CCCC1C.CC. The van der Waals surface area contributed by atoms with Crippen LogP contribution in [0.25, 0.3) is 0 Å². The Hall–Kier alpha value is -0.260. The fourth-order valence-electron chi connectivity index (χ4n) is 1.47. The van der Waals surface area contributed by atoms with Crippen LogP contribution in [-0.2, 0) is 0 Å². The molecule has 0 N–H and O–H groups in total. The summed E-state index contributed by atoms with van der Waals surface area (Å²) < 4.78 is 0. The van der Waals surface area contributed by atoms with Gasteiger partial charge in [-0.2, -0.15) is 0 Å². The highest BCUT2D eigenvalue weighted by atomic mass is 14.2. The van der Waals surface area contributed by atoms with E-state index in [1.54, 1.807) is 5.57 Å². The summed E-state index contributed by atoms with van der Waals surface area (Å²) >= 11 is 0. The highest BCUT2D eigenvalue weighted by Crippen LogP contribution is 2.29. The van der Waals surface area contributed by atoms with Crippen LogP contribution in [0.15, 0.2) is 11.6 Å². The van der Waals surface area contributed by atoms with Gasteiger partial charge < -0.3 is 0 Å². The van der Waals surface area contributed by atoms with E-state index in [0.29, 0.717) is 0 Å². The lowest BCUT2D eigenvalue weighted by Crippen LogP contribution is -1.85. The molecule has 0 bridgehead atoms. The lowest BCUT2D eigenvalue weighted by molar-refractivity contribution is 0.695. The maximum absolute atomic E-state index is 2.32. The Morgan fingerprint density at radius 2 is 2.00 bits per heavy atom. The van der Waals surface area contributed by atoms with Crippen LogP contribution < -0.4 is 0 Å². The number of rotatable bonds is 0. The lowest BCUT2D eigenvalue weighted by atomic mass is 10.1. The van der Waals surface area contributed by atoms with Crippen molar-refractivity contribution in [3.8, 4) is 0 Å². The Labute approximate surface area is 65.3 Å². The van der Waals surface area contributed by atoms with Crippen LogP contribution in [0.5, 0.6) is 0 Å². The largest absolute Gasteiger partial charge is 0.0882 e. The zero-order valence-corrected chi connectivity index (χ0v) is 7.78. The number of hydrogen-bond acceptors (Lipinski definition) is 0. The minimum Gasteiger partial charge on any atom is -0.0882 e. The summed E-state index contributed by atoms with van der Waals surface area (Å²) in [6, 6.07) is 0. The summed E-state index contributed by atoms with van der Waals surface area (Å²) in [6.07, 6.45) is 6.47. The first kappa shape index (κ1) is 9.74. The Morgan fingerprint density at radius 3 is 2.20 bits per heavy atom. The third kappa shape index (κ3) is 2.55. The summed E-state index contributed by atoms with van der Waals surface area (Å²) in [5.74, 6) is 0.889. The summed E-state index contributed by atoms with van der Waals surface area (Å²) in [5.41, 5.74) is 1.67. The summed E-state index contributed by atoms with van der Waals surface area (Å²) in [7, 11) is 0. The van der Waals surface area contributed by atoms with Crippen molar-refractivity contribution in [3.05, 3.63) is 11.6 Å². The normalized spacial score (nSPS) is 28.0. The van der Waals surface area contributed by atoms with E-state index in [4.69, 9.17) is 0 Å².